The van der Waals surface area contributed by atoms with Crippen molar-refractivity contribution in [3.05, 3.63) is 24.2 Å². The third kappa shape index (κ3) is 3.16. The molecule has 0 aliphatic carbocycles. The number of nitrogens with zero attached hydrogens (tertiary/aromatic N) is 1. The monoisotopic (exact) mass is 265 g/mol. The Bertz CT molecular complexity index is 408. The predicted octanol–water partition coefficient (Wildman–Crippen LogP) is 1.14. The molecule has 1 aromatic rings. The van der Waals surface area contributed by atoms with Gasteiger partial charge in [-0.05, 0) is 32.9 Å². The molecule has 1 aromatic heterocycles. The molecule has 106 valence electrons. The molecule has 2 N–H and O–H groups in total. The molecule has 0 bridgehead atoms. The van der Waals surface area contributed by atoms with Crippen molar-refractivity contribution < 1.29 is 9.21 Å². The van der Waals surface area contributed by atoms with Crippen molar-refractivity contribution in [2.24, 2.45) is 0 Å². The van der Waals surface area contributed by atoms with E-state index in [1.807, 2.05) is 32.9 Å². The number of carbonyl (C=O) groups is 1. The maximum absolute atomic E-state index is 12.5. The van der Waals surface area contributed by atoms with Gasteiger partial charge in [0.1, 0.15) is 5.76 Å². The summed E-state index contributed by atoms with van der Waals surface area (Å²) in [6, 6.07) is 3.60. The fraction of sp³-hybridized carbons (Fsp3) is 0.643. The molecule has 0 radical (unpaired) electrons. The molecule has 1 amide bonds. The maximum Gasteiger partial charge on any atom is 0.240 e. The minimum atomic E-state index is -0.497. The smallest absolute Gasteiger partial charge is 0.240 e. The number of piperazine rings is 1. The summed E-state index contributed by atoms with van der Waals surface area (Å²) in [7, 11) is 0. The molecule has 1 aliphatic heterocycles. The zero-order valence-electron chi connectivity index (χ0n) is 11.9. The molecular weight excluding hydrogens is 242 g/mol. The van der Waals surface area contributed by atoms with Gasteiger partial charge in [0.05, 0.1) is 17.8 Å². The van der Waals surface area contributed by atoms with E-state index in [1.54, 1.807) is 6.26 Å². The fourth-order valence-corrected chi connectivity index (χ4v) is 2.35. The fourth-order valence-electron chi connectivity index (χ4n) is 2.35. The molecular formula is C14H23N3O2. The van der Waals surface area contributed by atoms with Crippen LogP contribution in [0.3, 0.4) is 0 Å². The van der Waals surface area contributed by atoms with Gasteiger partial charge < -0.3 is 15.1 Å². The van der Waals surface area contributed by atoms with Gasteiger partial charge in [-0.15, -0.1) is 0 Å². The second kappa shape index (κ2) is 5.75. The van der Waals surface area contributed by atoms with Crippen LogP contribution in [0.1, 0.15) is 32.6 Å². The number of furan rings is 1. The predicted molar refractivity (Wildman–Crippen MR) is 73.8 cm³/mol. The molecule has 1 atom stereocenters. The highest BCUT2D eigenvalue weighted by Gasteiger charge is 2.35. The molecule has 19 heavy (non-hydrogen) atoms. The summed E-state index contributed by atoms with van der Waals surface area (Å²) in [5.74, 6) is 0.822. The van der Waals surface area contributed by atoms with Crippen LogP contribution < -0.4 is 10.6 Å². The second-order valence-electron chi connectivity index (χ2n) is 5.51. The van der Waals surface area contributed by atoms with E-state index in [0.29, 0.717) is 0 Å². The first-order valence-electron chi connectivity index (χ1n) is 6.82. The molecule has 0 unspecified atom stereocenters. The van der Waals surface area contributed by atoms with Crippen molar-refractivity contribution in [1.29, 1.82) is 0 Å². The van der Waals surface area contributed by atoms with Crippen LogP contribution in [0.4, 0.5) is 0 Å². The van der Waals surface area contributed by atoms with Crippen molar-refractivity contribution in [3.8, 4) is 0 Å². The molecule has 5 heteroatoms. The van der Waals surface area contributed by atoms with Crippen molar-refractivity contribution in [2.45, 2.75) is 32.4 Å². The van der Waals surface area contributed by atoms with Crippen LogP contribution >= 0.6 is 0 Å². The molecule has 1 saturated heterocycles. The summed E-state index contributed by atoms with van der Waals surface area (Å²) in [5, 5.41) is 6.33. The number of nitrogens with one attached hydrogen (secondary N) is 2. The van der Waals surface area contributed by atoms with Crippen LogP contribution in [0, 0.1) is 0 Å². The van der Waals surface area contributed by atoms with Gasteiger partial charge >= 0.3 is 0 Å². The van der Waals surface area contributed by atoms with Crippen LogP contribution in [0.15, 0.2) is 22.8 Å². The number of hydrogen-bond acceptors (Lipinski definition) is 4. The highest BCUT2D eigenvalue weighted by atomic mass is 16.3. The number of amides is 1. The summed E-state index contributed by atoms with van der Waals surface area (Å²) in [6.07, 6.45) is 1.62. The zero-order valence-corrected chi connectivity index (χ0v) is 11.9. The normalized spacial score (nSPS) is 19.1. The van der Waals surface area contributed by atoms with Crippen molar-refractivity contribution >= 4 is 5.91 Å². The van der Waals surface area contributed by atoms with E-state index in [1.165, 1.54) is 0 Å². The van der Waals surface area contributed by atoms with Gasteiger partial charge in [0.2, 0.25) is 5.91 Å². The highest BCUT2D eigenvalue weighted by Crippen LogP contribution is 2.18. The standard InChI is InChI=1S/C14H23N3O2/c1-11(12-5-4-10-19-12)16-13(18)14(2,3)17-8-6-15-7-9-17/h4-5,10-11,15H,6-9H2,1-3H3,(H,16,18)/t11-/m1/s1. The van der Waals surface area contributed by atoms with Crippen LogP contribution in [0.2, 0.25) is 0 Å². The number of carbonyl (C=O) groups excluding carboxylic acids is 1. The van der Waals surface area contributed by atoms with Crippen LogP contribution in [-0.2, 0) is 4.79 Å². The van der Waals surface area contributed by atoms with Crippen LogP contribution in [0.25, 0.3) is 0 Å². The van der Waals surface area contributed by atoms with Crippen LogP contribution in [0.5, 0.6) is 0 Å². The second-order valence-corrected chi connectivity index (χ2v) is 5.51. The van der Waals surface area contributed by atoms with Gasteiger partial charge in [0.15, 0.2) is 0 Å². The van der Waals surface area contributed by atoms with E-state index < -0.39 is 5.54 Å². The Morgan fingerprint density at radius 3 is 2.74 bits per heavy atom. The van der Waals surface area contributed by atoms with Crippen molar-refractivity contribution in [1.82, 2.24) is 15.5 Å². The van der Waals surface area contributed by atoms with Crippen molar-refractivity contribution in [2.75, 3.05) is 26.2 Å². The lowest BCUT2D eigenvalue weighted by atomic mass is 10.00. The zero-order chi connectivity index (χ0) is 13.9. The SMILES string of the molecule is C[C@@H](NC(=O)C(C)(C)N1CCNCC1)c1ccco1. The quantitative estimate of drug-likeness (QED) is 0.857. The molecule has 5 nitrogen and oxygen atoms in total. The van der Waals surface area contributed by atoms with Crippen molar-refractivity contribution in [3.63, 3.8) is 0 Å². The van der Waals surface area contributed by atoms with E-state index in [9.17, 15) is 4.79 Å². The maximum atomic E-state index is 12.5. The molecule has 2 rings (SSSR count). The summed E-state index contributed by atoms with van der Waals surface area (Å²) in [5.41, 5.74) is -0.497. The lowest BCUT2D eigenvalue weighted by Crippen LogP contribution is -2.60. The lowest BCUT2D eigenvalue weighted by molar-refractivity contribution is -0.133. The summed E-state index contributed by atoms with van der Waals surface area (Å²) < 4.78 is 5.32. The Balaban J connectivity index is 1.97. The summed E-state index contributed by atoms with van der Waals surface area (Å²) in [4.78, 5) is 14.7. The first kappa shape index (κ1) is 14.1. The lowest BCUT2D eigenvalue weighted by Gasteiger charge is -2.40. The first-order valence-corrected chi connectivity index (χ1v) is 6.82. The van der Waals surface area contributed by atoms with E-state index >= 15 is 0 Å². The third-order valence-corrected chi connectivity index (χ3v) is 3.78. The van der Waals surface area contributed by atoms with E-state index in [4.69, 9.17) is 4.42 Å². The molecule has 2 heterocycles. The molecule has 0 saturated carbocycles. The number of hydrogen-bond donors (Lipinski definition) is 2. The number of rotatable bonds is 4. The first-order chi connectivity index (χ1) is 9.01. The van der Waals surface area contributed by atoms with Gasteiger partial charge in [0.25, 0.3) is 0 Å². The average Bonchev–Trinajstić information content (AvgIpc) is 2.93. The highest BCUT2D eigenvalue weighted by molar-refractivity contribution is 5.85. The molecule has 1 fully saturated rings. The van der Waals surface area contributed by atoms with E-state index in [-0.39, 0.29) is 11.9 Å². The Kier molecular flexibility index (Phi) is 4.27. The van der Waals surface area contributed by atoms with Gasteiger partial charge in [-0.3, -0.25) is 9.69 Å². The van der Waals surface area contributed by atoms with Crippen LogP contribution in [-0.4, -0.2) is 42.5 Å². The van der Waals surface area contributed by atoms with Gasteiger partial charge in [0, 0.05) is 26.2 Å². The molecule has 0 spiro atoms. The summed E-state index contributed by atoms with van der Waals surface area (Å²) in [6.45, 7) is 9.55. The average molecular weight is 265 g/mol. The minimum absolute atomic E-state index is 0.0401. The Labute approximate surface area is 114 Å². The van der Waals surface area contributed by atoms with E-state index in [0.717, 1.165) is 31.9 Å². The minimum Gasteiger partial charge on any atom is -0.467 e. The van der Waals surface area contributed by atoms with Gasteiger partial charge in [-0.2, -0.15) is 0 Å². The van der Waals surface area contributed by atoms with Gasteiger partial charge in [-0.25, -0.2) is 0 Å². The molecule has 1 aliphatic rings. The van der Waals surface area contributed by atoms with E-state index in [2.05, 4.69) is 15.5 Å². The molecule has 0 aromatic carbocycles. The van der Waals surface area contributed by atoms with Gasteiger partial charge in [-0.1, -0.05) is 0 Å². The Morgan fingerprint density at radius 1 is 1.47 bits per heavy atom. The third-order valence-electron chi connectivity index (χ3n) is 3.78. The Hall–Kier alpha value is -1.33. The summed E-state index contributed by atoms with van der Waals surface area (Å²) >= 11 is 0. The topological polar surface area (TPSA) is 57.5 Å². The largest absolute Gasteiger partial charge is 0.467 e. The Morgan fingerprint density at radius 2 is 2.16 bits per heavy atom.